The summed E-state index contributed by atoms with van der Waals surface area (Å²) in [7, 11) is 0. The van der Waals surface area contributed by atoms with Crippen molar-refractivity contribution in [3.8, 4) is 0 Å². The second kappa shape index (κ2) is 8.19. The summed E-state index contributed by atoms with van der Waals surface area (Å²) >= 11 is 6.50. The van der Waals surface area contributed by atoms with Gasteiger partial charge < -0.3 is 19.9 Å². The third-order valence-electron chi connectivity index (χ3n) is 6.74. The van der Waals surface area contributed by atoms with Gasteiger partial charge >= 0.3 is 6.09 Å². The molecule has 0 unspecified atom stereocenters. The maximum absolute atomic E-state index is 13.1. The van der Waals surface area contributed by atoms with E-state index in [4.69, 9.17) is 20.5 Å². The molecule has 6 nitrogen and oxygen atoms in total. The van der Waals surface area contributed by atoms with E-state index in [1.807, 2.05) is 52.0 Å². The largest absolute Gasteiger partial charge is 0.444 e. The number of rotatable bonds is 3. The molecule has 0 radical (unpaired) electrons. The minimum absolute atomic E-state index is 0.327. The van der Waals surface area contributed by atoms with E-state index in [-0.39, 0.29) is 0 Å². The lowest BCUT2D eigenvalue weighted by Gasteiger charge is -2.34. The minimum Gasteiger partial charge on any atom is -0.444 e. The number of fused-ring (bicyclic) bond motifs is 1. The molecule has 1 fully saturated rings. The standard InChI is InChI=1S/C27H34ClN3O3/c1-17-19(9-8-10-21(17)28)27(13-14-31(16-27)24(33)34-25(2,3)4)29-18-11-12-20-22(15-18)30(7)23(32)26(20,5)6/h8-12,15,29H,13-14,16H2,1-7H3/t27-/m1/s1/i7D3. The third-order valence-corrected chi connectivity index (χ3v) is 7.15. The summed E-state index contributed by atoms with van der Waals surface area (Å²) in [6, 6.07) is 11.1. The molecule has 2 aliphatic heterocycles. The van der Waals surface area contributed by atoms with Crippen LogP contribution in [0.25, 0.3) is 0 Å². The van der Waals surface area contributed by atoms with Gasteiger partial charge in [-0.05, 0) is 82.9 Å². The Labute approximate surface area is 211 Å². The highest BCUT2D eigenvalue weighted by atomic mass is 35.5. The highest BCUT2D eigenvalue weighted by Crippen LogP contribution is 2.44. The first-order chi connectivity index (χ1) is 17.0. The molecule has 1 N–H and O–H groups in total. The summed E-state index contributed by atoms with van der Waals surface area (Å²) in [5, 5.41) is 4.22. The predicted molar refractivity (Wildman–Crippen MR) is 137 cm³/mol. The summed E-state index contributed by atoms with van der Waals surface area (Å²) < 4.78 is 29.6. The fourth-order valence-corrected chi connectivity index (χ4v) is 5.09. The molecule has 0 bridgehead atoms. The molecule has 0 aliphatic carbocycles. The van der Waals surface area contributed by atoms with E-state index in [0.717, 1.165) is 16.0 Å². The SMILES string of the molecule is [2H]C([2H])([2H])N1C(=O)C(C)(C)c2ccc(N[C@]3(c4cccc(Cl)c4C)CCN(C(=O)OC(C)(C)C)C3)cc21. The molecule has 0 aromatic heterocycles. The Kier molecular flexibility index (Phi) is 4.97. The highest BCUT2D eigenvalue weighted by Gasteiger charge is 2.45. The quantitative estimate of drug-likeness (QED) is 0.591. The Morgan fingerprint density at radius 3 is 2.62 bits per heavy atom. The fourth-order valence-electron chi connectivity index (χ4n) is 4.91. The number of benzene rings is 2. The molecule has 34 heavy (non-hydrogen) atoms. The molecule has 2 aromatic rings. The van der Waals surface area contributed by atoms with E-state index in [1.165, 1.54) is 0 Å². The van der Waals surface area contributed by atoms with E-state index < -0.39 is 35.5 Å². The number of halogens is 1. The van der Waals surface area contributed by atoms with Gasteiger partial charge in [0.1, 0.15) is 5.60 Å². The summed E-state index contributed by atoms with van der Waals surface area (Å²) in [5.74, 6) is -0.461. The van der Waals surface area contributed by atoms with Crippen molar-refractivity contribution >= 4 is 35.0 Å². The van der Waals surface area contributed by atoms with Crippen LogP contribution < -0.4 is 10.2 Å². The van der Waals surface area contributed by atoms with Gasteiger partial charge in [-0.3, -0.25) is 4.79 Å². The fraction of sp³-hybridized carbons (Fsp3) is 0.481. The zero-order chi connectivity index (χ0) is 27.6. The van der Waals surface area contributed by atoms with E-state index in [2.05, 4.69) is 5.32 Å². The van der Waals surface area contributed by atoms with Gasteiger partial charge in [-0.15, -0.1) is 0 Å². The Morgan fingerprint density at radius 1 is 1.21 bits per heavy atom. The number of amides is 2. The molecule has 2 aliphatic rings. The van der Waals surface area contributed by atoms with Gasteiger partial charge in [0, 0.05) is 34.0 Å². The number of nitrogens with zero attached hydrogens (tertiary/aromatic N) is 2. The first-order valence-electron chi connectivity index (χ1n) is 13.0. The molecule has 182 valence electrons. The molecule has 2 heterocycles. The number of likely N-dealkylation sites (tertiary alicyclic amines) is 1. The van der Waals surface area contributed by atoms with E-state index in [1.54, 1.807) is 30.9 Å². The number of nitrogens with one attached hydrogen (secondary N) is 1. The van der Waals surface area contributed by atoms with Crippen molar-refractivity contribution in [3.05, 3.63) is 58.1 Å². The number of hydrogen-bond acceptors (Lipinski definition) is 4. The average molecular weight is 487 g/mol. The molecule has 1 saturated heterocycles. The first-order valence-corrected chi connectivity index (χ1v) is 11.8. The number of likely N-dealkylation sites (N-methyl/N-ethyl adjacent to an activating group) is 1. The molecule has 7 heteroatoms. The van der Waals surface area contributed by atoms with Crippen LogP contribution in [0.3, 0.4) is 0 Å². The zero-order valence-corrected chi connectivity index (χ0v) is 21.3. The van der Waals surface area contributed by atoms with Gasteiger partial charge in [0.2, 0.25) is 5.91 Å². The van der Waals surface area contributed by atoms with Crippen molar-refractivity contribution in [2.45, 2.75) is 64.5 Å². The van der Waals surface area contributed by atoms with Crippen molar-refractivity contribution in [1.29, 1.82) is 0 Å². The Morgan fingerprint density at radius 2 is 1.94 bits per heavy atom. The van der Waals surface area contributed by atoms with Gasteiger partial charge in [0.15, 0.2) is 0 Å². The van der Waals surface area contributed by atoms with Gasteiger partial charge in [0.05, 0.1) is 17.5 Å². The van der Waals surface area contributed by atoms with Crippen LogP contribution in [0.15, 0.2) is 36.4 Å². The molecule has 4 rings (SSSR count). The molecule has 2 amide bonds. The van der Waals surface area contributed by atoms with Gasteiger partial charge in [-0.2, -0.15) is 0 Å². The topological polar surface area (TPSA) is 61.9 Å². The Bertz CT molecular complexity index is 1260. The molecule has 1 atom stereocenters. The van der Waals surface area contributed by atoms with Crippen LogP contribution in [0.5, 0.6) is 0 Å². The summed E-state index contributed by atoms with van der Waals surface area (Å²) in [4.78, 5) is 28.6. The smallest absolute Gasteiger partial charge is 0.410 e. The number of ether oxygens (including phenoxy) is 1. The zero-order valence-electron chi connectivity index (χ0n) is 23.6. The maximum Gasteiger partial charge on any atom is 0.410 e. The maximum atomic E-state index is 13.1. The average Bonchev–Trinajstić information content (AvgIpc) is 3.26. The van der Waals surface area contributed by atoms with E-state index in [0.29, 0.717) is 41.5 Å². The van der Waals surface area contributed by atoms with Crippen molar-refractivity contribution in [3.63, 3.8) is 0 Å². The van der Waals surface area contributed by atoms with Gasteiger partial charge in [0.25, 0.3) is 0 Å². The van der Waals surface area contributed by atoms with Crippen LogP contribution in [0.4, 0.5) is 16.2 Å². The van der Waals surface area contributed by atoms with Crippen LogP contribution in [-0.4, -0.2) is 42.6 Å². The second-order valence-corrected chi connectivity index (χ2v) is 11.2. The summed E-state index contributed by atoms with van der Waals surface area (Å²) in [6.07, 6.45) is 0.184. The Balaban J connectivity index is 1.77. The monoisotopic (exact) mass is 486 g/mol. The third kappa shape index (κ3) is 4.13. The van der Waals surface area contributed by atoms with Crippen LogP contribution >= 0.6 is 11.6 Å². The first kappa shape index (κ1) is 20.6. The van der Waals surface area contributed by atoms with E-state index >= 15 is 0 Å². The second-order valence-electron chi connectivity index (χ2n) is 10.8. The lowest BCUT2D eigenvalue weighted by atomic mass is 9.84. The number of carbonyl (C=O) groups excluding carboxylic acids is 2. The van der Waals surface area contributed by atoms with Crippen LogP contribution in [-0.2, 0) is 20.5 Å². The van der Waals surface area contributed by atoms with Crippen molar-refractivity contribution in [2.24, 2.45) is 0 Å². The van der Waals surface area contributed by atoms with Gasteiger partial charge in [-0.25, -0.2) is 4.79 Å². The number of hydrogen-bond donors (Lipinski definition) is 1. The molecule has 2 aromatic carbocycles. The summed E-state index contributed by atoms with van der Waals surface area (Å²) in [5.41, 5.74) is 1.21. The molecular weight excluding hydrogens is 450 g/mol. The normalized spacial score (nSPS) is 23.3. The van der Waals surface area contributed by atoms with Crippen molar-refractivity contribution in [2.75, 3.05) is 30.3 Å². The lowest BCUT2D eigenvalue weighted by Crippen LogP contribution is -2.42. The van der Waals surface area contributed by atoms with Crippen LogP contribution in [0.1, 0.15) is 61.8 Å². The lowest BCUT2D eigenvalue weighted by molar-refractivity contribution is -0.121. The van der Waals surface area contributed by atoms with Crippen LogP contribution in [0, 0.1) is 6.92 Å². The predicted octanol–water partition coefficient (Wildman–Crippen LogP) is 5.85. The van der Waals surface area contributed by atoms with Crippen molar-refractivity contribution in [1.82, 2.24) is 4.90 Å². The van der Waals surface area contributed by atoms with Gasteiger partial charge in [-0.1, -0.05) is 29.8 Å². The van der Waals surface area contributed by atoms with E-state index in [9.17, 15) is 9.59 Å². The molecule has 0 spiro atoms. The van der Waals surface area contributed by atoms with Crippen molar-refractivity contribution < 1.29 is 18.4 Å². The minimum atomic E-state index is -2.61. The molecule has 0 saturated carbocycles. The summed E-state index contributed by atoms with van der Waals surface area (Å²) in [6.45, 7) is 9.09. The Hall–Kier alpha value is -2.73. The number of carbonyl (C=O) groups is 2. The van der Waals surface area contributed by atoms with Crippen LogP contribution in [0.2, 0.25) is 5.02 Å². The number of anilines is 2. The molecular formula is C27H34ClN3O3. The highest BCUT2D eigenvalue weighted by molar-refractivity contribution is 6.31.